The minimum absolute atomic E-state index is 0.0603. The highest BCUT2D eigenvalue weighted by molar-refractivity contribution is 7.80. The monoisotopic (exact) mass is 239 g/mol. The van der Waals surface area contributed by atoms with E-state index in [1.165, 1.54) is 12.4 Å². The molecule has 1 amide bonds. The van der Waals surface area contributed by atoms with Crippen molar-refractivity contribution in [3.8, 4) is 0 Å². The Bertz CT molecular complexity index is 409. The Balaban J connectivity index is 3.08. The molecule has 0 aromatic carbocycles. The fraction of sp³-hybridized carbons (Fsp3) is 0.333. The van der Waals surface area contributed by atoms with E-state index in [4.69, 9.17) is 23.7 Å². The lowest BCUT2D eigenvalue weighted by Gasteiger charge is -2.21. The molecule has 0 aliphatic rings. The lowest BCUT2D eigenvalue weighted by molar-refractivity contribution is -0.116. The van der Waals surface area contributed by atoms with E-state index in [0.29, 0.717) is 18.1 Å². The van der Waals surface area contributed by atoms with Crippen LogP contribution in [0.15, 0.2) is 12.4 Å². The van der Waals surface area contributed by atoms with Crippen LogP contribution in [-0.2, 0) is 4.79 Å². The summed E-state index contributed by atoms with van der Waals surface area (Å²) in [5, 5.41) is 0. The molecule has 0 radical (unpaired) electrons. The van der Waals surface area contributed by atoms with Gasteiger partial charge in [0.2, 0.25) is 5.91 Å². The van der Waals surface area contributed by atoms with E-state index in [-0.39, 0.29) is 11.5 Å². The van der Waals surface area contributed by atoms with Crippen LogP contribution in [0.4, 0.5) is 5.82 Å². The van der Waals surface area contributed by atoms with Crippen LogP contribution in [0.2, 0.25) is 0 Å². The van der Waals surface area contributed by atoms with E-state index >= 15 is 0 Å². The Morgan fingerprint density at radius 2 is 2.06 bits per heavy atom. The summed E-state index contributed by atoms with van der Waals surface area (Å²) in [7, 11) is 0. The number of nitrogens with two attached hydrogens (primary N) is 2. The van der Waals surface area contributed by atoms with E-state index in [1.807, 2.05) is 6.92 Å². The molecule has 0 fully saturated rings. The van der Waals surface area contributed by atoms with Crippen molar-refractivity contribution in [2.75, 3.05) is 18.0 Å². The van der Waals surface area contributed by atoms with Crippen LogP contribution in [0.3, 0.4) is 0 Å². The zero-order chi connectivity index (χ0) is 12.1. The second-order valence-corrected chi connectivity index (χ2v) is 3.51. The molecule has 0 aliphatic carbocycles. The molecule has 6 nitrogen and oxygen atoms in total. The molecule has 1 aromatic rings. The van der Waals surface area contributed by atoms with Crippen LogP contribution in [0.25, 0.3) is 0 Å². The number of amides is 1. The average molecular weight is 239 g/mol. The third-order valence-corrected chi connectivity index (χ3v) is 2.13. The Morgan fingerprint density at radius 3 is 2.56 bits per heavy atom. The van der Waals surface area contributed by atoms with Gasteiger partial charge in [-0.1, -0.05) is 12.2 Å². The Morgan fingerprint density at radius 1 is 1.44 bits per heavy atom. The quantitative estimate of drug-likeness (QED) is 0.667. The lowest BCUT2D eigenvalue weighted by Crippen LogP contribution is -2.35. The number of hydrogen-bond donors (Lipinski definition) is 2. The molecule has 0 unspecified atom stereocenters. The summed E-state index contributed by atoms with van der Waals surface area (Å²) >= 11 is 4.86. The van der Waals surface area contributed by atoms with Crippen molar-refractivity contribution >= 4 is 28.9 Å². The van der Waals surface area contributed by atoms with Crippen molar-refractivity contribution in [1.29, 1.82) is 0 Å². The van der Waals surface area contributed by atoms with Crippen molar-refractivity contribution in [1.82, 2.24) is 9.97 Å². The van der Waals surface area contributed by atoms with Crippen molar-refractivity contribution in [2.24, 2.45) is 11.5 Å². The summed E-state index contributed by atoms with van der Waals surface area (Å²) in [5.41, 5.74) is 11.1. The highest BCUT2D eigenvalue weighted by Crippen LogP contribution is 2.13. The van der Waals surface area contributed by atoms with Gasteiger partial charge in [-0.25, -0.2) is 9.97 Å². The number of carbonyl (C=O) groups excluding carboxylic acids is 1. The normalized spacial score (nSPS) is 9.81. The molecule has 7 heteroatoms. The first-order chi connectivity index (χ1) is 7.56. The molecule has 1 heterocycles. The predicted molar refractivity (Wildman–Crippen MR) is 65.0 cm³/mol. The maximum absolute atomic E-state index is 10.9. The van der Waals surface area contributed by atoms with Gasteiger partial charge in [-0.05, 0) is 6.92 Å². The molecule has 86 valence electrons. The van der Waals surface area contributed by atoms with E-state index < -0.39 is 5.91 Å². The maximum atomic E-state index is 10.9. The Labute approximate surface area is 98.7 Å². The average Bonchev–Trinajstić information content (AvgIpc) is 2.25. The van der Waals surface area contributed by atoms with Crippen molar-refractivity contribution < 1.29 is 4.79 Å². The summed E-state index contributed by atoms with van der Waals surface area (Å²) < 4.78 is 0. The molecular weight excluding hydrogens is 226 g/mol. The van der Waals surface area contributed by atoms with Crippen molar-refractivity contribution in [3.63, 3.8) is 0 Å². The molecule has 0 saturated heterocycles. The summed E-state index contributed by atoms with van der Waals surface area (Å²) in [6, 6.07) is 0. The number of primary amides is 1. The minimum Gasteiger partial charge on any atom is -0.388 e. The number of thiocarbonyl (C=S) groups is 1. The van der Waals surface area contributed by atoms with Gasteiger partial charge in [-0.3, -0.25) is 4.79 Å². The smallest absolute Gasteiger partial charge is 0.236 e. The molecule has 0 bridgehead atoms. The first-order valence-electron chi connectivity index (χ1n) is 4.70. The number of likely N-dealkylation sites (N-methyl/N-ethyl adjacent to an activating group) is 1. The molecule has 1 rings (SSSR count). The van der Waals surface area contributed by atoms with E-state index in [2.05, 4.69) is 9.97 Å². The van der Waals surface area contributed by atoms with Crippen LogP contribution >= 0.6 is 12.2 Å². The number of anilines is 1. The zero-order valence-electron chi connectivity index (χ0n) is 8.88. The van der Waals surface area contributed by atoms with E-state index in [1.54, 1.807) is 4.90 Å². The second kappa shape index (κ2) is 5.36. The Hall–Kier alpha value is -1.76. The van der Waals surface area contributed by atoms with Gasteiger partial charge in [0, 0.05) is 18.9 Å². The van der Waals surface area contributed by atoms with Crippen LogP contribution < -0.4 is 16.4 Å². The highest BCUT2D eigenvalue weighted by atomic mass is 32.1. The van der Waals surface area contributed by atoms with Gasteiger partial charge in [0.1, 0.15) is 10.7 Å². The van der Waals surface area contributed by atoms with Gasteiger partial charge in [-0.15, -0.1) is 0 Å². The molecule has 16 heavy (non-hydrogen) atoms. The zero-order valence-corrected chi connectivity index (χ0v) is 9.70. The van der Waals surface area contributed by atoms with Gasteiger partial charge in [-0.2, -0.15) is 0 Å². The third-order valence-electron chi connectivity index (χ3n) is 1.94. The maximum Gasteiger partial charge on any atom is 0.236 e. The summed E-state index contributed by atoms with van der Waals surface area (Å²) in [6.07, 6.45) is 3.01. The number of nitrogens with zero attached hydrogens (tertiary/aromatic N) is 3. The van der Waals surface area contributed by atoms with Crippen molar-refractivity contribution in [3.05, 3.63) is 18.1 Å². The fourth-order valence-corrected chi connectivity index (χ4v) is 1.40. The summed E-state index contributed by atoms with van der Waals surface area (Å²) in [5.74, 6) is 0.0395. The van der Waals surface area contributed by atoms with E-state index in [9.17, 15) is 4.79 Å². The summed E-state index contributed by atoms with van der Waals surface area (Å²) in [4.78, 5) is 20.9. The minimum atomic E-state index is -0.443. The van der Waals surface area contributed by atoms with Gasteiger partial charge in [0.05, 0.1) is 6.54 Å². The van der Waals surface area contributed by atoms with Crippen LogP contribution in [0.5, 0.6) is 0 Å². The predicted octanol–water partition coefficient (Wildman–Crippen LogP) is -0.578. The molecule has 0 atom stereocenters. The molecule has 0 saturated carbocycles. The largest absolute Gasteiger partial charge is 0.388 e. The SMILES string of the molecule is CCN(CC(N)=O)c1nccnc1C(N)=S. The Kier molecular flexibility index (Phi) is 4.12. The van der Waals surface area contributed by atoms with E-state index in [0.717, 1.165) is 0 Å². The first kappa shape index (κ1) is 12.3. The fourth-order valence-electron chi connectivity index (χ4n) is 1.26. The van der Waals surface area contributed by atoms with Crippen LogP contribution in [0.1, 0.15) is 12.6 Å². The number of rotatable bonds is 5. The van der Waals surface area contributed by atoms with Gasteiger partial charge < -0.3 is 16.4 Å². The molecule has 4 N–H and O–H groups in total. The van der Waals surface area contributed by atoms with Gasteiger partial charge in [0.15, 0.2) is 5.82 Å². The topological polar surface area (TPSA) is 98.1 Å². The molecule has 0 spiro atoms. The molecular formula is C9H13N5OS. The highest BCUT2D eigenvalue weighted by Gasteiger charge is 2.15. The lowest BCUT2D eigenvalue weighted by atomic mass is 10.3. The number of aromatic nitrogens is 2. The summed E-state index contributed by atoms with van der Waals surface area (Å²) in [6.45, 7) is 2.50. The first-order valence-corrected chi connectivity index (χ1v) is 5.11. The van der Waals surface area contributed by atoms with Crippen LogP contribution in [-0.4, -0.2) is 34.0 Å². The number of carbonyl (C=O) groups is 1. The number of hydrogen-bond acceptors (Lipinski definition) is 5. The van der Waals surface area contributed by atoms with Gasteiger partial charge in [0.25, 0.3) is 0 Å². The van der Waals surface area contributed by atoms with Crippen LogP contribution in [0, 0.1) is 0 Å². The standard InChI is InChI=1S/C9H13N5OS/c1-2-14(5-6(10)15)9-7(8(11)16)12-3-4-13-9/h3-4H,2,5H2,1H3,(H2,10,15)(H2,11,16). The molecule has 1 aromatic heterocycles. The third kappa shape index (κ3) is 2.86. The van der Waals surface area contributed by atoms with Crippen molar-refractivity contribution in [2.45, 2.75) is 6.92 Å². The molecule has 0 aliphatic heterocycles. The van der Waals surface area contributed by atoms with Gasteiger partial charge >= 0.3 is 0 Å². The second-order valence-electron chi connectivity index (χ2n) is 3.07.